The molecule has 1 aromatic heterocycles. The largest absolute Gasteiger partial charge is 0.497 e. The molecule has 0 aliphatic heterocycles. The highest BCUT2D eigenvalue weighted by molar-refractivity contribution is 6.30. The molecule has 2 atom stereocenters. The van der Waals surface area contributed by atoms with Crippen molar-refractivity contribution in [3.8, 4) is 5.75 Å². The standard InChI is InChI=1S/C23H28ClN5O2/c1-3-25-23(27-16-22(30)18-7-11-20(31-2)12-8-18)26-15-21(29-14-4-13-28-29)17-5-9-19(24)10-6-17/h4-14,21-22,30H,3,15-16H2,1-2H3,(H2,25,26,27). The molecule has 0 bridgehead atoms. The van der Waals surface area contributed by atoms with Crippen LogP contribution in [0, 0.1) is 0 Å². The first-order chi connectivity index (χ1) is 15.1. The SMILES string of the molecule is CCNC(=NCC(O)c1ccc(OC)cc1)NCC(c1ccc(Cl)cc1)n1cccn1. The van der Waals surface area contributed by atoms with Crippen LogP contribution in [0.1, 0.15) is 30.2 Å². The zero-order valence-electron chi connectivity index (χ0n) is 17.7. The second-order valence-electron chi connectivity index (χ2n) is 6.94. The molecular weight excluding hydrogens is 414 g/mol. The topological polar surface area (TPSA) is 83.7 Å². The fraction of sp³-hybridized carbons (Fsp3) is 0.304. The van der Waals surface area contributed by atoms with Crippen LogP contribution in [0.4, 0.5) is 0 Å². The van der Waals surface area contributed by atoms with E-state index in [2.05, 4.69) is 20.7 Å². The van der Waals surface area contributed by atoms with Crippen LogP contribution in [-0.4, -0.2) is 47.6 Å². The van der Waals surface area contributed by atoms with Crippen molar-refractivity contribution in [3.05, 3.63) is 83.1 Å². The maximum atomic E-state index is 10.5. The van der Waals surface area contributed by atoms with Gasteiger partial charge in [0.25, 0.3) is 0 Å². The Labute approximate surface area is 187 Å². The molecule has 31 heavy (non-hydrogen) atoms. The van der Waals surface area contributed by atoms with Crippen molar-refractivity contribution >= 4 is 17.6 Å². The van der Waals surface area contributed by atoms with Gasteiger partial charge in [-0.15, -0.1) is 0 Å². The smallest absolute Gasteiger partial charge is 0.191 e. The van der Waals surface area contributed by atoms with Crippen molar-refractivity contribution < 1.29 is 9.84 Å². The number of aromatic nitrogens is 2. The number of hydrogen-bond donors (Lipinski definition) is 3. The van der Waals surface area contributed by atoms with E-state index in [4.69, 9.17) is 16.3 Å². The molecule has 164 valence electrons. The van der Waals surface area contributed by atoms with Crippen LogP contribution in [0.15, 0.2) is 72.0 Å². The summed E-state index contributed by atoms with van der Waals surface area (Å²) in [7, 11) is 1.62. The molecule has 0 fully saturated rings. The van der Waals surface area contributed by atoms with Gasteiger partial charge in [0.15, 0.2) is 5.96 Å². The average molecular weight is 442 g/mol. The van der Waals surface area contributed by atoms with E-state index in [1.54, 1.807) is 13.3 Å². The first kappa shape index (κ1) is 22.7. The molecule has 2 aromatic carbocycles. The summed E-state index contributed by atoms with van der Waals surface area (Å²) >= 11 is 6.05. The Bertz CT molecular complexity index is 943. The third-order valence-electron chi connectivity index (χ3n) is 4.83. The minimum atomic E-state index is -0.709. The number of hydrogen-bond acceptors (Lipinski definition) is 4. The van der Waals surface area contributed by atoms with Gasteiger partial charge in [0.05, 0.1) is 25.8 Å². The maximum absolute atomic E-state index is 10.5. The molecule has 7 nitrogen and oxygen atoms in total. The van der Waals surface area contributed by atoms with Gasteiger partial charge in [-0.2, -0.15) is 5.10 Å². The molecule has 1 heterocycles. The molecule has 0 saturated carbocycles. The quantitative estimate of drug-likeness (QED) is 0.350. The molecule has 3 aromatic rings. The Balaban J connectivity index is 1.68. The van der Waals surface area contributed by atoms with Gasteiger partial charge in [0.2, 0.25) is 0 Å². The van der Waals surface area contributed by atoms with Gasteiger partial charge < -0.3 is 20.5 Å². The molecule has 0 amide bonds. The van der Waals surface area contributed by atoms with Crippen LogP contribution in [0.3, 0.4) is 0 Å². The molecule has 3 rings (SSSR count). The summed E-state index contributed by atoms with van der Waals surface area (Å²) < 4.78 is 7.06. The minimum absolute atomic E-state index is 0.0392. The van der Waals surface area contributed by atoms with Crippen molar-refractivity contribution in [3.63, 3.8) is 0 Å². The number of aliphatic hydroxyl groups is 1. The van der Waals surface area contributed by atoms with E-state index in [9.17, 15) is 5.11 Å². The number of aliphatic hydroxyl groups excluding tert-OH is 1. The average Bonchev–Trinajstić information content (AvgIpc) is 3.33. The van der Waals surface area contributed by atoms with Gasteiger partial charge >= 0.3 is 0 Å². The highest BCUT2D eigenvalue weighted by Gasteiger charge is 2.15. The third-order valence-corrected chi connectivity index (χ3v) is 5.08. The molecule has 8 heteroatoms. The van der Waals surface area contributed by atoms with Gasteiger partial charge in [-0.3, -0.25) is 9.67 Å². The van der Waals surface area contributed by atoms with Crippen LogP contribution >= 0.6 is 11.6 Å². The number of ether oxygens (including phenoxy) is 1. The lowest BCUT2D eigenvalue weighted by molar-refractivity contribution is 0.187. The summed E-state index contributed by atoms with van der Waals surface area (Å²) in [6.45, 7) is 3.50. The summed E-state index contributed by atoms with van der Waals surface area (Å²) in [4.78, 5) is 4.56. The van der Waals surface area contributed by atoms with Crippen molar-refractivity contribution in [2.75, 3.05) is 26.7 Å². The second-order valence-corrected chi connectivity index (χ2v) is 7.38. The van der Waals surface area contributed by atoms with Gasteiger partial charge in [-0.25, -0.2) is 0 Å². The number of aliphatic imine (C=N–C) groups is 1. The number of rotatable bonds is 9. The zero-order chi connectivity index (χ0) is 22.1. The predicted octanol–water partition coefficient (Wildman–Crippen LogP) is 3.42. The Morgan fingerprint density at radius 2 is 1.84 bits per heavy atom. The van der Waals surface area contributed by atoms with E-state index in [1.165, 1.54) is 0 Å². The van der Waals surface area contributed by atoms with Crippen LogP contribution < -0.4 is 15.4 Å². The summed E-state index contributed by atoms with van der Waals surface area (Å²) in [5.41, 5.74) is 1.87. The maximum Gasteiger partial charge on any atom is 0.191 e. The van der Waals surface area contributed by atoms with Crippen molar-refractivity contribution in [2.24, 2.45) is 4.99 Å². The van der Waals surface area contributed by atoms with Gasteiger partial charge in [-0.1, -0.05) is 35.9 Å². The third kappa shape index (κ3) is 6.47. The number of halogens is 1. The molecule has 0 saturated heterocycles. The Morgan fingerprint density at radius 1 is 1.13 bits per heavy atom. The molecular formula is C23H28ClN5O2. The van der Waals surface area contributed by atoms with E-state index in [0.29, 0.717) is 24.1 Å². The Hall–Kier alpha value is -3.03. The predicted molar refractivity (Wildman–Crippen MR) is 124 cm³/mol. The van der Waals surface area contributed by atoms with Crippen molar-refractivity contribution in [2.45, 2.75) is 19.1 Å². The molecule has 0 aliphatic carbocycles. The molecule has 2 unspecified atom stereocenters. The summed E-state index contributed by atoms with van der Waals surface area (Å²) in [5.74, 6) is 1.38. The number of nitrogens with one attached hydrogen (secondary N) is 2. The number of benzene rings is 2. The van der Waals surface area contributed by atoms with Crippen LogP contribution in [0.2, 0.25) is 5.02 Å². The highest BCUT2D eigenvalue weighted by Crippen LogP contribution is 2.20. The van der Waals surface area contributed by atoms with E-state index in [1.807, 2.05) is 72.4 Å². The van der Waals surface area contributed by atoms with Crippen LogP contribution in [0.5, 0.6) is 5.75 Å². The first-order valence-electron chi connectivity index (χ1n) is 10.2. The number of nitrogens with zero attached hydrogens (tertiary/aromatic N) is 3. The van der Waals surface area contributed by atoms with Gasteiger partial charge in [0.1, 0.15) is 5.75 Å². The molecule has 0 radical (unpaired) electrons. The minimum Gasteiger partial charge on any atom is -0.497 e. The van der Waals surface area contributed by atoms with E-state index < -0.39 is 6.10 Å². The summed E-state index contributed by atoms with van der Waals surface area (Å²) in [5, 5.41) is 22.2. The lowest BCUT2D eigenvalue weighted by atomic mass is 10.1. The van der Waals surface area contributed by atoms with E-state index in [-0.39, 0.29) is 12.6 Å². The fourth-order valence-electron chi connectivity index (χ4n) is 3.16. The molecule has 0 aliphatic rings. The van der Waals surface area contributed by atoms with Gasteiger partial charge in [-0.05, 0) is 48.4 Å². The van der Waals surface area contributed by atoms with E-state index >= 15 is 0 Å². The van der Waals surface area contributed by atoms with Gasteiger partial charge in [0, 0.05) is 30.5 Å². The number of guanidine groups is 1. The monoisotopic (exact) mass is 441 g/mol. The lowest BCUT2D eigenvalue weighted by Gasteiger charge is -2.21. The Kier molecular flexibility index (Phi) is 8.32. The summed E-state index contributed by atoms with van der Waals surface area (Å²) in [6.07, 6.45) is 2.98. The van der Waals surface area contributed by atoms with Crippen LogP contribution in [0.25, 0.3) is 0 Å². The highest BCUT2D eigenvalue weighted by atomic mass is 35.5. The van der Waals surface area contributed by atoms with E-state index in [0.717, 1.165) is 16.9 Å². The first-order valence-corrected chi connectivity index (χ1v) is 10.6. The lowest BCUT2D eigenvalue weighted by Crippen LogP contribution is -2.40. The van der Waals surface area contributed by atoms with Crippen LogP contribution in [-0.2, 0) is 0 Å². The van der Waals surface area contributed by atoms with Crippen molar-refractivity contribution in [1.82, 2.24) is 20.4 Å². The Morgan fingerprint density at radius 3 is 2.45 bits per heavy atom. The zero-order valence-corrected chi connectivity index (χ0v) is 18.5. The molecule has 0 spiro atoms. The summed E-state index contributed by atoms with van der Waals surface area (Å²) in [6, 6.07) is 16.9. The fourth-order valence-corrected chi connectivity index (χ4v) is 3.28. The molecule has 3 N–H and O–H groups in total. The normalized spacial score (nSPS) is 13.5. The second kappa shape index (κ2) is 11.4. The van der Waals surface area contributed by atoms with Crippen molar-refractivity contribution in [1.29, 1.82) is 0 Å². The number of methoxy groups -OCH3 is 1.